The third-order valence-corrected chi connectivity index (χ3v) is 6.31. The lowest BCUT2D eigenvalue weighted by Crippen LogP contribution is -2.56. The van der Waals surface area contributed by atoms with Crippen molar-refractivity contribution in [1.82, 2.24) is 19.7 Å². The molecule has 2 aliphatic heterocycles. The van der Waals surface area contributed by atoms with Crippen LogP contribution in [0.3, 0.4) is 0 Å². The molecule has 0 radical (unpaired) electrons. The van der Waals surface area contributed by atoms with Crippen LogP contribution in [0.2, 0.25) is 0 Å². The molecule has 1 saturated heterocycles. The predicted octanol–water partition coefficient (Wildman–Crippen LogP) is 0.848. The minimum atomic E-state index is -1.32. The van der Waals surface area contributed by atoms with Gasteiger partial charge in [0.15, 0.2) is 5.72 Å². The molecular formula is C19H21N5O3. The summed E-state index contributed by atoms with van der Waals surface area (Å²) in [6, 6.07) is 9.94. The van der Waals surface area contributed by atoms with Gasteiger partial charge in [-0.1, -0.05) is 12.1 Å². The third kappa shape index (κ3) is 1.90. The lowest BCUT2D eigenvalue weighted by Gasteiger charge is -2.35. The number of carbonyl (C=O) groups excluding carboxylic acids is 2. The second-order valence-electron chi connectivity index (χ2n) is 7.64. The standard InChI is InChI=1S/C19H21N5O3/c1-22-16-15-14(9-19(16,27)23(2)18(22)26)24-12(7-8-13(24)17(25)21-15)10-3-5-11(20)6-4-10/h3-8,14-16,27H,9,20H2,1-2H3,(H,21,25)/t14-,15-,16+,19+/m1/s1. The van der Waals surface area contributed by atoms with E-state index in [-0.39, 0.29) is 24.0 Å². The topological polar surface area (TPSA) is 104 Å². The molecule has 2 aromatic rings. The molecule has 5 rings (SSSR count). The highest BCUT2D eigenvalue weighted by molar-refractivity contribution is 5.95. The zero-order chi connectivity index (χ0) is 19.1. The van der Waals surface area contributed by atoms with Crippen molar-refractivity contribution in [3.05, 3.63) is 42.1 Å². The Morgan fingerprint density at radius 1 is 1.11 bits per heavy atom. The Balaban J connectivity index is 1.65. The van der Waals surface area contributed by atoms with E-state index >= 15 is 0 Å². The number of benzene rings is 1. The molecule has 3 amide bonds. The summed E-state index contributed by atoms with van der Waals surface area (Å²) in [5.41, 5.74) is 7.56. The SMILES string of the molecule is CN1C(=O)N(C)[C@]2(O)C[C@@H]3[C@@H](NC(=O)c4ccc(-c5ccc(N)cc5)n43)[C@H]12. The summed E-state index contributed by atoms with van der Waals surface area (Å²) in [6.07, 6.45) is 0.346. The lowest BCUT2D eigenvalue weighted by molar-refractivity contribution is -0.0627. The summed E-state index contributed by atoms with van der Waals surface area (Å²) < 4.78 is 2.00. The molecule has 140 valence electrons. The number of carbonyl (C=O) groups is 2. The Morgan fingerprint density at radius 2 is 1.78 bits per heavy atom. The van der Waals surface area contributed by atoms with Crippen LogP contribution in [0.1, 0.15) is 23.0 Å². The Kier molecular flexibility index (Phi) is 3.02. The van der Waals surface area contributed by atoms with Crippen molar-refractivity contribution in [3.8, 4) is 11.3 Å². The normalized spacial score (nSPS) is 31.6. The second-order valence-corrected chi connectivity index (χ2v) is 7.64. The zero-order valence-electron chi connectivity index (χ0n) is 15.1. The maximum Gasteiger partial charge on any atom is 0.322 e. The van der Waals surface area contributed by atoms with E-state index in [2.05, 4.69) is 5.32 Å². The van der Waals surface area contributed by atoms with Crippen molar-refractivity contribution in [2.45, 2.75) is 30.3 Å². The van der Waals surface area contributed by atoms with Crippen LogP contribution in [0.15, 0.2) is 36.4 Å². The first-order valence-electron chi connectivity index (χ1n) is 8.94. The van der Waals surface area contributed by atoms with Crippen LogP contribution in [0.4, 0.5) is 10.5 Å². The van der Waals surface area contributed by atoms with Gasteiger partial charge < -0.3 is 25.6 Å². The fraction of sp³-hybridized carbons (Fsp3) is 0.368. The van der Waals surface area contributed by atoms with Crippen LogP contribution < -0.4 is 11.1 Å². The molecule has 27 heavy (non-hydrogen) atoms. The number of likely N-dealkylation sites (N-methyl/N-ethyl adjacent to an activating group) is 2. The first kappa shape index (κ1) is 16.2. The summed E-state index contributed by atoms with van der Waals surface area (Å²) in [7, 11) is 3.28. The Bertz CT molecular complexity index is 968. The van der Waals surface area contributed by atoms with Gasteiger partial charge in [-0.2, -0.15) is 0 Å². The molecule has 2 fully saturated rings. The summed E-state index contributed by atoms with van der Waals surface area (Å²) in [5, 5.41) is 14.3. The van der Waals surface area contributed by atoms with Crippen molar-refractivity contribution in [1.29, 1.82) is 0 Å². The van der Waals surface area contributed by atoms with Crippen molar-refractivity contribution in [2.24, 2.45) is 0 Å². The first-order chi connectivity index (χ1) is 12.8. The number of nitrogens with zero attached hydrogens (tertiary/aromatic N) is 3. The number of aliphatic hydroxyl groups is 1. The number of hydrogen-bond acceptors (Lipinski definition) is 4. The van der Waals surface area contributed by atoms with Crippen molar-refractivity contribution in [2.75, 3.05) is 19.8 Å². The molecule has 4 atom stereocenters. The number of hydrogen-bond donors (Lipinski definition) is 3. The van der Waals surface area contributed by atoms with E-state index in [4.69, 9.17) is 5.73 Å². The smallest absolute Gasteiger partial charge is 0.322 e. The molecular weight excluding hydrogens is 346 g/mol. The van der Waals surface area contributed by atoms with E-state index in [1.807, 2.05) is 34.9 Å². The number of anilines is 1. The van der Waals surface area contributed by atoms with E-state index in [9.17, 15) is 14.7 Å². The monoisotopic (exact) mass is 367 g/mol. The predicted molar refractivity (Wildman–Crippen MR) is 98.8 cm³/mol. The number of aromatic nitrogens is 1. The molecule has 0 spiro atoms. The summed E-state index contributed by atoms with van der Waals surface area (Å²) in [5.74, 6) is -0.197. The van der Waals surface area contributed by atoms with Crippen LogP contribution in [0.25, 0.3) is 11.3 Å². The van der Waals surface area contributed by atoms with E-state index in [0.717, 1.165) is 11.3 Å². The van der Waals surface area contributed by atoms with Crippen molar-refractivity contribution in [3.63, 3.8) is 0 Å². The van der Waals surface area contributed by atoms with Crippen molar-refractivity contribution < 1.29 is 14.7 Å². The number of rotatable bonds is 1. The van der Waals surface area contributed by atoms with Gasteiger partial charge in [0, 0.05) is 31.9 Å². The average Bonchev–Trinajstić information content (AvgIpc) is 3.25. The highest BCUT2D eigenvalue weighted by Gasteiger charge is 2.65. The van der Waals surface area contributed by atoms with Gasteiger partial charge in [-0.3, -0.25) is 9.69 Å². The summed E-state index contributed by atoms with van der Waals surface area (Å²) in [6.45, 7) is 0. The molecule has 1 saturated carbocycles. The molecule has 1 aromatic heterocycles. The third-order valence-electron chi connectivity index (χ3n) is 6.31. The van der Waals surface area contributed by atoms with Gasteiger partial charge in [0.2, 0.25) is 0 Å². The van der Waals surface area contributed by atoms with E-state index in [0.29, 0.717) is 17.8 Å². The lowest BCUT2D eigenvalue weighted by atomic mass is 10.0. The number of nitrogens with two attached hydrogens (primary N) is 1. The molecule has 4 N–H and O–H groups in total. The number of amides is 3. The van der Waals surface area contributed by atoms with E-state index in [1.54, 1.807) is 20.2 Å². The van der Waals surface area contributed by atoms with E-state index < -0.39 is 11.8 Å². The van der Waals surface area contributed by atoms with Gasteiger partial charge >= 0.3 is 6.03 Å². The number of urea groups is 1. The van der Waals surface area contributed by atoms with Crippen LogP contribution >= 0.6 is 0 Å². The maximum absolute atomic E-state index is 12.7. The van der Waals surface area contributed by atoms with Gasteiger partial charge in [-0.15, -0.1) is 0 Å². The maximum atomic E-state index is 12.7. The minimum Gasteiger partial charge on any atom is -0.399 e. The molecule has 1 aromatic carbocycles. The average molecular weight is 367 g/mol. The van der Waals surface area contributed by atoms with Crippen LogP contribution in [-0.4, -0.2) is 63.3 Å². The number of fused-ring (bicyclic) bond motifs is 5. The molecule has 0 bridgehead atoms. The van der Waals surface area contributed by atoms with Gasteiger partial charge in [0.25, 0.3) is 5.91 Å². The summed E-state index contributed by atoms with van der Waals surface area (Å²) in [4.78, 5) is 28.0. The summed E-state index contributed by atoms with van der Waals surface area (Å²) >= 11 is 0. The number of nitrogens with one attached hydrogen (secondary N) is 1. The van der Waals surface area contributed by atoms with Gasteiger partial charge in [0.1, 0.15) is 11.7 Å². The molecule has 1 aliphatic carbocycles. The molecule has 8 nitrogen and oxygen atoms in total. The molecule has 3 aliphatic rings. The largest absolute Gasteiger partial charge is 0.399 e. The van der Waals surface area contributed by atoms with Crippen LogP contribution in [0.5, 0.6) is 0 Å². The Labute approximate surface area is 156 Å². The highest BCUT2D eigenvalue weighted by atomic mass is 16.3. The minimum absolute atomic E-state index is 0.159. The van der Waals surface area contributed by atoms with Gasteiger partial charge in [0.05, 0.1) is 12.1 Å². The fourth-order valence-corrected chi connectivity index (χ4v) is 4.99. The Morgan fingerprint density at radius 3 is 2.48 bits per heavy atom. The van der Waals surface area contributed by atoms with Gasteiger partial charge in [-0.25, -0.2) is 4.79 Å². The zero-order valence-corrected chi connectivity index (χ0v) is 15.1. The fourth-order valence-electron chi connectivity index (χ4n) is 4.99. The second kappa shape index (κ2) is 5.04. The Hall–Kier alpha value is -3.00. The molecule has 0 unspecified atom stereocenters. The van der Waals surface area contributed by atoms with Crippen LogP contribution in [-0.2, 0) is 0 Å². The number of nitrogen functional groups attached to an aromatic ring is 1. The van der Waals surface area contributed by atoms with Crippen LogP contribution in [0, 0.1) is 0 Å². The first-order valence-corrected chi connectivity index (χ1v) is 8.94. The van der Waals surface area contributed by atoms with Gasteiger partial charge in [-0.05, 0) is 29.8 Å². The molecule has 3 heterocycles. The highest BCUT2D eigenvalue weighted by Crippen LogP contribution is 2.49. The molecule has 8 heteroatoms. The van der Waals surface area contributed by atoms with Crippen molar-refractivity contribution >= 4 is 17.6 Å². The van der Waals surface area contributed by atoms with E-state index in [1.165, 1.54) is 9.80 Å². The quantitative estimate of drug-likeness (QED) is 0.650.